The lowest BCUT2D eigenvalue weighted by Gasteiger charge is -2.37. The van der Waals surface area contributed by atoms with Crippen molar-refractivity contribution >= 4 is 12.0 Å². The van der Waals surface area contributed by atoms with Gasteiger partial charge in [-0.25, -0.2) is 4.79 Å². The third kappa shape index (κ3) is 3.17. The molecule has 0 radical (unpaired) electrons. The summed E-state index contributed by atoms with van der Waals surface area (Å²) in [4.78, 5) is 25.1. The lowest BCUT2D eigenvalue weighted by atomic mass is 9.82. The van der Waals surface area contributed by atoms with E-state index in [0.29, 0.717) is 25.9 Å². The summed E-state index contributed by atoms with van der Waals surface area (Å²) in [7, 11) is 1.85. The van der Waals surface area contributed by atoms with E-state index in [1.54, 1.807) is 22.7 Å². The van der Waals surface area contributed by atoms with Crippen molar-refractivity contribution in [2.75, 3.05) is 13.1 Å². The molecule has 0 bridgehead atoms. The van der Waals surface area contributed by atoms with Gasteiger partial charge in [-0.1, -0.05) is 0 Å². The van der Waals surface area contributed by atoms with Crippen LogP contribution in [0.15, 0.2) is 6.20 Å². The maximum absolute atomic E-state index is 12.2. The van der Waals surface area contributed by atoms with Crippen molar-refractivity contribution in [1.82, 2.24) is 20.0 Å². The summed E-state index contributed by atoms with van der Waals surface area (Å²) < 4.78 is 1.75. The highest BCUT2D eigenvalue weighted by Gasteiger charge is 2.39. The van der Waals surface area contributed by atoms with E-state index in [9.17, 15) is 14.7 Å². The van der Waals surface area contributed by atoms with Crippen molar-refractivity contribution in [2.45, 2.75) is 33.2 Å². The molecular formula is C14H22N4O3. The van der Waals surface area contributed by atoms with Crippen LogP contribution in [0.4, 0.5) is 4.79 Å². The number of aliphatic carboxylic acids is 1. The van der Waals surface area contributed by atoms with E-state index in [2.05, 4.69) is 10.4 Å². The van der Waals surface area contributed by atoms with Gasteiger partial charge in [-0.2, -0.15) is 5.10 Å². The minimum atomic E-state index is -0.847. The molecule has 7 heteroatoms. The normalized spacial score (nSPS) is 22.1. The van der Waals surface area contributed by atoms with Crippen molar-refractivity contribution in [3.05, 3.63) is 17.5 Å². The van der Waals surface area contributed by atoms with Gasteiger partial charge in [-0.15, -0.1) is 0 Å². The molecule has 2 heterocycles. The van der Waals surface area contributed by atoms with Crippen LogP contribution in [-0.2, 0) is 18.4 Å². The molecule has 1 saturated heterocycles. The molecule has 0 spiro atoms. The Morgan fingerprint density at radius 3 is 2.81 bits per heavy atom. The fourth-order valence-electron chi connectivity index (χ4n) is 2.59. The quantitative estimate of drug-likeness (QED) is 0.874. The number of amides is 2. The Kier molecular flexibility index (Phi) is 4.20. The van der Waals surface area contributed by atoms with Gasteiger partial charge in [-0.3, -0.25) is 9.48 Å². The van der Waals surface area contributed by atoms with Crippen molar-refractivity contribution < 1.29 is 14.7 Å². The summed E-state index contributed by atoms with van der Waals surface area (Å²) in [5, 5.41) is 16.2. The Balaban J connectivity index is 1.94. The van der Waals surface area contributed by atoms with Gasteiger partial charge in [-0.05, 0) is 26.7 Å². The molecule has 1 aromatic rings. The Morgan fingerprint density at radius 1 is 1.52 bits per heavy atom. The molecule has 0 aromatic carbocycles. The number of likely N-dealkylation sites (tertiary alicyclic amines) is 1. The van der Waals surface area contributed by atoms with Crippen LogP contribution in [0, 0.1) is 12.3 Å². The molecule has 0 aliphatic carbocycles. The topological polar surface area (TPSA) is 87.5 Å². The number of carboxylic acids is 1. The largest absolute Gasteiger partial charge is 0.481 e. The molecule has 0 saturated carbocycles. The SMILES string of the molecule is Cc1c(CNC(=O)N2CCCC(C)(C(=O)O)C2)cnn1C. The second kappa shape index (κ2) is 5.75. The monoisotopic (exact) mass is 294 g/mol. The van der Waals surface area contributed by atoms with Crippen LogP contribution in [0.25, 0.3) is 0 Å². The van der Waals surface area contributed by atoms with Crippen molar-refractivity contribution in [3.8, 4) is 0 Å². The predicted molar refractivity (Wildman–Crippen MR) is 76.7 cm³/mol. The molecule has 1 fully saturated rings. The first-order chi connectivity index (χ1) is 9.83. The molecule has 7 nitrogen and oxygen atoms in total. The first-order valence-electron chi connectivity index (χ1n) is 7.07. The summed E-state index contributed by atoms with van der Waals surface area (Å²) in [5.74, 6) is -0.844. The van der Waals surface area contributed by atoms with Crippen LogP contribution in [0.3, 0.4) is 0 Å². The predicted octanol–water partition coefficient (Wildman–Crippen LogP) is 1.12. The second-order valence-electron chi connectivity index (χ2n) is 5.93. The number of carbonyl (C=O) groups is 2. The van der Waals surface area contributed by atoms with Crippen LogP contribution in [0.5, 0.6) is 0 Å². The number of rotatable bonds is 3. The highest BCUT2D eigenvalue weighted by atomic mass is 16.4. The number of carbonyl (C=O) groups excluding carboxylic acids is 1. The van der Waals surface area contributed by atoms with Crippen molar-refractivity contribution in [2.24, 2.45) is 12.5 Å². The van der Waals surface area contributed by atoms with Crippen LogP contribution in [-0.4, -0.2) is 44.9 Å². The Hall–Kier alpha value is -2.05. The second-order valence-corrected chi connectivity index (χ2v) is 5.93. The molecule has 2 amide bonds. The summed E-state index contributed by atoms with van der Waals surface area (Å²) in [5.41, 5.74) is 1.12. The zero-order valence-corrected chi connectivity index (χ0v) is 12.7. The lowest BCUT2D eigenvalue weighted by Crippen LogP contribution is -2.51. The summed E-state index contributed by atoms with van der Waals surface area (Å²) in [6, 6.07) is -0.217. The van der Waals surface area contributed by atoms with Crippen molar-refractivity contribution in [1.29, 1.82) is 0 Å². The van der Waals surface area contributed by atoms with Gasteiger partial charge in [0.25, 0.3) is 0 Å². The molecule has 1 aliphatic rings. The molecule has 1 aliphatic heterocycles. The van der Waals surface area contributed by atoms with E-state index < -0.39 is 11.4 Å². The van der Waals surface area contributed by atoms with E-state index in [-0.39, 0.29) is 12.6 Å². The van der Waals surface area contributed by atoms with E-state index in [1.807, 2.05) is 14.0 Å². The smallest absolute Gasteiger partial charge is 0.317 e. The van der Waals surface area contributed by atoms with Crippen LogP contribution < -0.4 is 5.32 Å². The zero-order chi connectivity index (χ0) is 15.6. The molecule has 1 atom stereocenters. The Labute approximate surface area is 123 Å². The molecular weight excluding hydrogens is 272 g/mol. The molecule has 1 aromatic heterocycles. The number of nitrogens with zero attached hydrogens (tertiary/aromatic N) is 3. The van der Waals surface area contributed by atoms with Crippen LogP contribution >= 0.6 is 0 Å². The third-order valence-electron chi connectivity index (χ3n) is 4.27. The van der Waals surface area contributed by atoms with Gasteiger partial charge < -0.3 is 15.3 Å². The van der Waals surface area contributed by atoms with Crippen LogP contribution in [0.2, 0.25) is 0 Å². The average molecular weight is 294 g/mol. The number of aromatic nitrogens is 2. The van der Waals surface area contributed by atoms with E-state index in [0.717, 1.165) is 11.3 Å². The number of hydrogen-bond acceptors (Lipinski definition) is 3. The molecule has 116 valence electrons. The molecule has 2 rings (SSSR count). The summed E-state index contributed by atoms with van der Waals surface area (Å²) in [6.45, 7) is 4.89. The van der Waals surface area contributed by atoms with Gasteiger partial charge in [0, 0.05) is 37.9 Å². The first kappa shape index (κ1) is 15.3. The van der Waals surface area contributed by atoms with Gasteiger partial charge in [0.05, 0.1) is 11.6 Å². The number of nitrogens with one attached hydrogen (secondary N) is 1. The van der Waals surface area contributed by atoms with Gasteiger partial charge in [0.15, 0.2) is 0 Å². The van der Waals surface area contributed by atoms with Crippen molar-refractivity contribution in [3.63, 3.8) is 0 Å². The number of urea groups is 1. The molecule has 1 unspecified atom stereocenters. The minimum absolute atomic E-state index is 0.217. The fraction of sp³-hybridized carbons (Fsp3) is 0.643. The standard InChI is InChI=1S/C14H22N4O3/c1-10-11(8-16-17(10)3)7-15-13(21)18-6-4-5-14(2,9-18)12(19)20/h8H,4-7,9H2,1-3H3,(H,15,21)(H,19,20). The average Bonchev–Trinajstić information content (AvgIpc) is 2.76. The van der Waals surface area contributed by atoms with E-state index >= 15 is 0 Å². The number of piperidine rings is 1. The molecule has 2 N–H and O–H groups in total. The van der Waals surface area contributed by atoms with Gasteiger partial charge in [0.1, 0.15) is 0 Å². The molecule has 21 heavy (non-hydrogen) atoms. The number of hydrogen-bond donors (Lipinski definition) is 2. The number of carboxylic acid groups (broad SMARTS) is 1. The Bertz CT molecular complexity index is 554. The zero-order valence-electron chi connectivity index (χ0n) is 12.7. The maximum atomic E-state index is 12.2. The maximum Gasteiger partial charge on any atom is 0.317 e. The highest BCUT2D eigenvalue weighted by molar-refractivity contribution is 5.78. The Morgan fingerprint density at radius 2 is 2.24 bits per heavy atom. The van der Waals surface area contributed by atoms with E-state index in [1.165, 1.54) is 0 Å². The van der Waals surface area contributed by atoms with Gasteiger partial charge in [0.2, 0.25) is 0 Å². The first-order valence-corrected chi connectivity index (χ1v) is 7.07. The fourth-order valence-corrected chi connectivity index (χ4v) is 2.59. The van der Waals surface area contributed by atoms with Gasteiger partial charge >= 0.3 is 12.0 Å². The van der Waals surface area contributed by atoms with E-state index in [4.69, 9.17) is 0 Å². The summed E-state index contributed by atoms with van der Waals surface area (Å²) >= 11 is 0. The minimum Gasteiger partial charge on any atom is -0.481 e. The lowest BCUT2D eigenvalue weighted by molar-refractivity contribution is -0.150. The number of aryl methyl sites for hydroxylation is 1. The highest BCUT2D eigenvalue weighted by Crippen LogP contribution is 2.29. The summed E-state index contributed by atoms with van der Waals surface area (Å²) in [6.07, 6.45) is 3.04. The third-order valence-corrected chi connectivity index (χ3v) is 4.27. The van der Waals surface area contributed by atoms with Crippen LogP contribution in [0.1, 0.15) is 31.0 Å².